The van der Waals surface area contributed by atoms with E-state index in [4.69, 9.17) is 18.9 Å². The summed E-state index contributed by atoms with van der Waals surface area (Å²) in [4.78, 5) is 34.6. The van der Waals surface area contributed by atoms with Crippen molar-refractivity contribution in [3.63, 3.8) is 0 Å². The summed E-state index contributed by atoms with van der Waals surface area (Å²) in [5.41, 5.74) is -1.22. The van der Waals surface area contributed by atoms with E-state index in [9.17, 15) is 19.0 Å². The van der Waals surface area contributed by atoms with E-state index in [2.05, 4.69) is 4.98 Å². The van der Waals surface area contributed by atoms with E-state index in [-0.39, 0.29) is 19.3 Å². The van der Waals surface area contributed by atoms with Gasteiger partial charge in [0.15, 0.2) is 12.5 Å². The molecule has 0 aliphatic carbocycles. The summed E-state index contributed by atoms with van der Waals surface area (Å²) in [7, 11) is -2.00. The Kier molecular flexibility index (Phi) is 8.70. The third-order valence-electron chi connectivity index (χ3n) is 2.85. The lowest BCUT2D eigenvalue weighted by atomic mass is 10.5. The molecule has 25 heavy (non-hydrogen) atoms. The number of nitrogens with one attached hydrogen (secondary N) is 1. The van der Waals surface area contributed by atoms with E-state index in [1.54, 1.807) is 0 Å². The van der Waals surface area contributed by atoms with Crippen LogP contribution >= 0.6 is 7.37 Å². The second kappa shape index (κ2) is 10.0. The average molecular weight is 380 g/mol. The maximum Gasteiger partial charge on any atom is 0.330 e. The Balaban J connectivity index is 2.94. The lowest BCUT2D eigenvalue weighted by Crippen LogP contribution is -2.38. The molecule has 0 amide bonds. The van der Waals surface area contributed by atoms with Crippen LogP contribution in [-0.2, 0) is 23.5 Å². The minimum atomic E-state index is -3.42. The second-order valence-corrected chi connectivity index (χ2v) is 8.08. The molecule has 0 spiro atoms. The number of H-pyrrole nitrogens is 1. The molecule has 0 saturated heterocycles. The molecule has 0 saturated carbocycles. The third kappa shape index (κ3) is 8.57. The Morgan fingerprint density at radius 2 is 1.96 bits per heavy atom. The number of rotatable bonds is 11. The number of ether oxygens (including phenoxy) is 4. The monoisotopic (exact) mass is 380 g/mol. The lowest BCUT2D eigenvalue weighted by molar-refractivity contribution is -0.220. The predicted molar refractivity (Wildman–Crippen MR) is 89.9 cm³/mol. The van der Waals surface area contributed by atoms with Gasteiger partial charge in [-0.3, -0.25) is 18.9 Å². The third-order valence-corrected chi connectivity index (χ3v) is 3.47. The van der Waals surface area contributed by atoms with Gasteiger partial charge in [-0.2, -0.15) is 0 Å². The first-order valence-electron chi connectivity index (χ1n) is 7.60. The second-order valence-electron chi connectivity index (χ2n) is 5.72. The maximum absolute atomic E-state index is 11.9. The van der Waals surface area contributed by atoms with Crippen molar-refractivity contribution in [2.45, 2.75) is 32.5 Å². The molecular formula is C14H25N2O8P. The largest absolute Gasteiger partial charge is 0.380 e. The van der Waals surface area contributed by atoms with E-state index in [0.717, 1.165) is 11.2 Å². The summed E-state index contributed by atoms with van der Waals surface area (Å²) in [6.45, 7) is 4.75. The van der Waals surface area contributed by atoms with Gasteiger partial charge in [-0.25, -0.2) is 4.79 Å². The smallest absolute Gasteiger partial charge is 0.330 e. The number of aromatic amines is 1. The normalized spacial score (nSPS) is 16.6. The van der Waals surface area contributed by atoms with Gasteiger partial charge in [-0.15, -0.1) is 0 Å². The van der Waals surface area contributed by atoms with Crippen molar-refractivity contribution in [2.75, 3.05) is 33.3 Å². The Labute approximate surface area is 145 Å². The molecule has 1 rings (SSSR count). The first-order valence-corrected chi connectivity index (χ1v) is 9.90. The lowest BCUT2D eigenvalue weighted by Gasteiger charge is -2.26. The SMILES string of the molecule is COC[C@@H](O[C@@H](COC(C)C)OCP(C)(=O)O)n1ccc(=O)[nH]c1=O. The van der Waals surface area contributed by atoms with Gasteiger partial charge in [0, 0.05) is 26.0 Å². The van der Waals surface area contributed by atoms with E-state index < -0.39 is 37.5 Å². The molecule has 0 bridgehead atoms. The molecule has 1 heterocycles. The van der Waals surface area contributed by atoms with E-state index >= 15 is 0 Å². The highest BCUT2D eigenvalue weighted by Gasteiger charge is 2.23. The first kappa shape index (κ1) is 21.8. The van der Waals surface area contributed by atoms with Gasteiger partial charge in [-0.1, -0.05) is 0 Å². The van der Waals surface area contributed by atoms with Gasteiger partial charge in [0.2, 0.25) is 7.37 Å². The van der Waals surface area contributed by atoms with Crippen LogP contribution in [0.5, 0.6) is 0 Å². The Hall–Kier alpha value is -1.29. The number of hydrogen-bond acceptors (Lipinski definition) is 7. The fraction of sp³-hybridized carbons (Fsp3) is 0.714. The van der Waals surface area contributed by atoms with E-state index in [1.165, 1.54) is 19.4 Å². The minimum Gasteiger partial charge on any atom is -0.380 e. The van der Waals surface area contributed by atoms with Gasteiger partial charge in [0.1, 0.15) is 6.35 Å². The minimum absolute atomic E-state index is 0.0175. The highest BCUT2D eigenvalue weighted by atomic mass is 31.2. The van der Waals surface area contributed by atoms with Crippen LogP contribution in [0.15, 0.2) is 21.9 Å². The summed E-state index contributed by atoms with van der Waals surface area (Å²) in [6.07, 6.45) is -1.22. The molecule has 10 nitrogen and oxygen atoms in total. The van der Waals surface area contributed by atoms with Gasteiger partial charge >= 0.3 is 5.69 Å². The zero-order valence-corrected chi connectivity index (χ0v) is 15.6. The van der Waals surface area contributed by atoms with Crippen LogP contribution in [0, 0.1) is 0 Å². The van der Waals surface area contributed by atoms with Gasteiger partial charge < -0.3 is 23.8 Å². The van der Waals surface area contributed by atoms with Gasteiger partial charge in [0.05, 0.1) is 19.3 Å². The van der Waals surface area contributed by atoms with Crippen molar-refractivity contribution in [1.82, 2.24) is 9.55 Å². The standard InChI is InChI=1S/C14H25N2O8P/c1-10(2)22-8-13(23-9-25(4,19)20)24-12(7-21-3)16-6-5-11(17)15-14(16)18/h5-6,10,12-13H,7-9H2,1-4H3,(H,19,20)(H,15,17,18)/t12-,13+/m1/s1. The van der Waals surface area contributed by atoms with Crippen molar-refractivity contribution in [1.29, 1.82) is 0 Å². The number of hydrogen-bond donors (Lipinski definition) is 2. The number of nitrogens with zero attached hydrogens (tertiary/aromatic N) is 1. The highest BCUT2D eigenvalue weighted by molar-refractivity contribution is 7.56. The summed E-state index contributed by atoms with van der Waals surface area (Å²) in [5.74, 6) is 0. The van der Waals surface area contributed by atoms with Crippen molar-refractivity contribution in [3.05, 3.63) is 33.1 Å². The zero-order valence-electron chi connectivity index (χ0n) is 14.7. The van der Waals surface area contributed by atoms with Crippen molar-refractivity contribution in [3.8, 4) is 0 Å². The van der Waals surface area contributed by atoms with Crippen molar-refractivity contribution in [2.24, 2.45) is 0 Å². The van der Waals surface area contributed by atoms with Crippen LogP contribution in [0.4, 0.5) is 0 Å². The molecule has 1 unspecified atom stereocenters. The van der Waals surface area contributed by atoms with Gasteiger partial charge in [0.25, 0.3) is 5.56 Å². The van der Waals surface area contributed by atoms with Crippen LogP contribution < -0.4 is 11.2 Å². The predicted octanol–water partition coefficient (Wildman–Crippen LogP) is 0.324. The quantitative estimate of drug-likeness (QED) is 0.415. The van der Waals surface area contributed by atoms with Crippen LogP contribution in [0.3, 0.4) is 0 Å². The summed E-state index contributed by atoms with van der Waals surface area (Å²) < 4.78 is 34.0. The molecule has 2 N–H and O–H groups in total. The van der Waals surface area contributed by atoms with Crippen LogP contribution in [0.25, 0.3) is 0 Å². The summed E-state index contributed by atoms with van der Waals surface area (Å²) in [5, 5.41) is 0. The van der Waals surface area contributed by atoms with Crippen molar-refractivity contribution < 1.29 is 28.4 Å². The molecule has 0 aromatic carbocycles. The summed E-state index contributed by atoms with van der Waals surface area (Å²) >= 11 is 0. The molecule has 0 fully saturated rings. The molecule has 0 aliphatic heterocycles. The highest BCUT2D eigenvalue weighted by Crippen LogP contribution is 2.35. The van der Waals surface area contributed by atoms with Crippen molar-refractivity contribution >= 4 is 7.37 Å². The van der Waals surface area contributed by atoms with Crippen LogP contribution in [-0.4, -0.2) is 60.2 Å². The molecule has 0 radical (unpaired) electrons. The Bertz CT molecular complexity index is 680. The molecule has 0 aliphatic rings. The molecule has 1 aromatic rings. The number of aromatic nitrogens is 2. The molecule has 1 aromatic heterocycles. The maximum atomic E-state index is 11.9. The fourth-order valence-corrected chi connectivity index (χ4v) is 2.22. The van der Waals surface area contributed by atoms with E-state index in [1.807, 2.05) is 13.8 Å². The zero-order chi connectivity index (χ0) is 19.0. The molecule has 144 valence electrons. The summed E-state index contributed by atoms with van der Waals surface area (Å²) in [6, 6.07) is 1.17. The molecular weight excluding hydrogens is 355 g/mol. The molecule has 11 heteroatoms. The van der Waals surface area contributed by atoms with Crippen LogP contribution in [0.2, 0.25) is 0 Å². The van der Waals surface area contributed by atoms with E-state index in [0.29, 0.717) is 0 Å². The first-order chi connectivity index (χ1) is 11.6. The molecule has 3 atom stereocenters. The van der Waals surface area contributed by atoms with Gasteiger partial charge in [-0.05, 0) is 13.8 Å². The Morgan fingerprint density at radius 1 is 1.28 bits per heavy atom. The Morgan fingerprint density at radius 3 is 2.48 bits per heavy atom. The fourth-order valence-electron chi connectivity index (χ4n) is 1.78. The number of methoxy groups -OCH3 is 1. The van der Waals surface area contributed by atoms with Crippen LogP contribution in [0.1, 0.15) is 20.1 Å². The topological polar surface area (TPSA) is 129 Å². The average Bonchev–Trinajstić information content (AvgIpc) is 2.48.